The van der Waals surface area contributed by atoms with Crippen LogP contribution in [0, 0.1) is 0 Å². The van der Waals surface area contributed by atoms with Crippen LogP contribution in [0.15, 0.2) is 48.6 Å². The molecule has 6 nitrogen and oxygen atoms in total. The van der Waals surface area contributed by atoms with Gasteiger partial charge < -0.3 is 14.2 Å². The minimum atomic E-state index is -0.780. The Bertz CT molecular complexity index is 1270. The molecule has 0 radical (unpaired) electrons. The Morgan fingerprint density at radius 3 is 0.822 bits per heavy atom. The highest BCUT2D eigenvalue weighted by Crippen LogP contribution is 2.17. The van der Waals surface area contributed by atoms with Gasteiger partial charge in [-0.3, -0.25) is 14.4 Å². The summed E-state index contributed by atoms with van der Waals surface area (Å²) < 4.78 is 16.9. The van der Waals surface area contributed by atoms with Crippen LogP contribution in [0.1, 0.15) is 342 Å². The summed E-state index contributed by atoms with van der Waals surface area (Å²) in [6, 6.07) is 0. The van der Waals surface area contributed by atoms with Crippen LogP contribution in [-0.4, -0.2) is 37.2 Å². The summed E-state index contributed by atoms with van der Waals surface area (Å²) in [5.41, 5.74) is 0. The molecule has 0 aliphatic heterocycles. The predicted molar refractivity (Wildman–Crippen MR) is 316 cm³/mol. The van der Waals surface area contributed by atoms with Crippen molar-refractivity contribution < 1.29 is 28.6 Å². The Labute approximate surface area is 454 Å². The quantitative estimate of drug-likeness (QED) is 0.0261. The van der Waals surface area contributed by atoms with Gasteiger partial charge in [0, 0.05) is 19.3 Å². The molecule has 0 bridgehead atoms. The highest BCUT2D eigenvalue weighted by molar-refractivity contribution is 5.71. The van der Waals surface area contributed by atoms with E-state index in [9.17, 15) is 14.4 Å². The maximum absolute atomic E-state index is 12.9. The van der Waals surface area contributed by atoms with E-state index in [4.69, 9.17) is 14.2 Å². The van der Waals surface area contributed by atoms with E-state index in [-0.39, 0.29) is 31.1 Å². The van der Waals surface area contributed by atoms with Crippen molar-refractivity contribution in [1.29, 1.82) is 0 Å². The summed E-state index contributed by atoms with van der Waals surface area (Å²) in [5, 5.41) is 0. The number of rotatable bonds is 59. The first-order valence-corrected chi connectivity index (χ1v) is 32.1. The minimum Gasteiger partial charge on any atom is -0.462 e. The van der Waals surface area contributed by atoms with Crippen molar-refractivity contribution in [3.63, 3.8) is 0 Å². The van der Waals surface area contributed by atoms with E-state index in [2.05, 4.69) is 69.4 Å². The molecule has 0 aromatic rings. The van der Waals surface area contributed by atoms with E-state index < -0.39 is 6.10 Å². The molecule has 0 aromatic heterocycles. The van der Waals surface area contributed by atoms with Gasteiger partial charge in [0.25, 0.3) is 0 Å². The molecule has 0 saturated carbocycles. The van der Waals surface area contributed by atoms with Crippen molar-refractivity contribution in [2.75, 3.05) is 13.2 Å². The van der Waals surface area contributed by atoms with Gasteiger partial charge in [0.15, 0.2) is 6.10 Å². The Balaban J connectivity index is 4.31. The van der Waals surface area contributed by atoms with Crippen LogP contribution in [0.25, 0.3) is 0 Å². The molecule has 426 valence electrons. The van der Waals surface area contributed by atoms with Gasteiger partial charge in [-0.25, -0.2) is 0 Å². The normalized spacial score (nSPS) is 12.3. The zero-order valence-electron chi connectivity index (χ0n) is 48.9. The molecule has 0 fully saturated rings. The summed E-state index contributed by atoms with van der Waals surface area (Å²) in [6.07, 6.45) is 76.9. The molecule has 0 spiro atoms. The standard InChI is InChI=1S/C67H122O6/c1-4-7-10-13-16-19-22-25-28-30-32-33-34-36-37-39-42-45-48-51-54-57-60-66(69)72-63-64(62-71-65(68)59-56-53-50-47-44-41-27-24-21-18-15-12-9-6-3)73-67(70)61-58-55-52-49-46-43-40-38-35-31-29-26-23-20-17-14-11-8-5-2/h15,17-18,20,24,26-27,29,64H,4-14,16,19,21-23,25,28,30-63H2,1-3H3/b18-15-,20-17-,27-24-,29-26-. The van der Waals surface area contributed by atoms with Crippen LogP contribution in [0.3, 0.4) is 0 Å². The van der Waals surface area contributed by atoms with E-state index in [1.54, 1.807) is 0 Å². The number of hydrogen-bond acceptors (Lipinski definition) is 6. The Morgan fingerprint density at radius 1 is 0.274 bits per heavy atom. The Hall–Kier alpha value is -2.63. The lowest BCUT2D eigenvalue weighted by molar-refractivity contribution is -0.167. The van der Waals surface area contributed by atoms with Crippen LogP contribution in [0.5, 0.6) is 0 Å². The number of ether oxygens (including phenoxy) is 3. The second-order valence-corrected chi connectivity index (χ2v) is 21.7. The lowest BCUT2D eigenvalue weighted by Crippen LogP contribution is -2.30. The Morgan fingerprint density at radius 2 is 0.507 bits per heavy atom. The summed E-state index contributed by atoms with van der Waals surface area (Å²) in [6.45, 7) is 6.61. The smallest absolute Gasteiger partial charge is 0.306 e. The maximum atomic E-state index is 12.9. The van der Waals surface area contributed by atoms with E-state index in [0.29, 0.717) is 19.3 Å². The molecule has 0 aliphatic rings. The van der Waals surface area contributed by atoms with Gasteiger partial charge in [-0.05, 0) is 77.0 Å². The summed E-state index contributed by atoms with van der Waals surface area (Å²) in [7, 11) is 0. The van der Waals surface area contributed by atoms with Crippen molar-refractivity contribution in [3.8, 4) is 0 Å². The fraction of sp³-hybridized carbons (Fsp3) is 0.836. The number of carbonyl (C=O) groups is 3. The first-order valence-electron chi connectivity index (χ1n) is 32.1. The first-order chi connectivity index (χ1) is 36.0. The topological polar surface area (TPSA) is 78.9 Å². The molecule has 1 atom stereocenters. The highest BCUT2D eigenvalue weighted by Gasteiger charge is 2.19. The second-order valence-electron chi connectivity index (χ2n) is 21.7. The molecule has 0 aromatic carbocycles. The molecule has 0 rings (SSSR count). The highest BCUT2D eigenvalue weighted by atomic mass is 16.6. The summed E-state index contributed by atoms with van der Waals surface area (Å²) in [5.74, 6) is -0.874. The summed E-state index contributed by atoms with van der Waals surface area (Å²) in [4.78, 5) is 38.3. The second kappa shape index (κ2) is 61.9. The third-order valence-corrected chi connectivity index (χ3v) is 14.3. The van der Waals surface area contributed by atoms with Crippen molar-refractivity contribution in [3.05, 3.63) is 48.6 Å². The molecule has 0 amide bonds. The van der Waals surface area contributed by atoms with Crippen molar-refractivity contribution in [1.82, 2.24) is 0 Å². The van der Waals surface area contributed by atoms with Gasteiger partial charge in [-0.2, -0.15) is 0 Å². The molecule has 6 heteroatoms. The van der Waals surface area contributed by atoms with E-state index in [0.717, 1.165) is 83.5 Å². The monoisotopic (exact) mass is 1020 g/mol. The van der Waals surface area contributed by atoms with Crippen molar-refractivity contribution in [2.45, 2.75) is 348 Å². The zero-order chi connectivity index (χ0) is 52.9. The van der Waals surface area contributed by atoms with Gasteiger partial charge in [0.2, 0.25) is 0 Å². The Kier molecular flexibility index (Phi) is 59.7. The number of unbranched alkanes of at least 4 members (excludes halogenated alkanes) is 40. The fourth-order valence-corrected chi connectivity index (χ4v) is 9.43. The lowest BCUT2D eigenvalue weighted by atomic mass is 10.0. The van der Waals surface area contributed by atoms with E-state index >= 15 is 0 Å². The average molecular weight is 1020 g/mol. The number of esters is 3. The van der Waals surface area contributed by atoms with Gasteiger partial charge >= 0.3 is 17.9 Å². The van der Waals surface area contributed by atoms with Crippen LogP contribution < -0.4 is 0 Å². The summed E-state index contributed by atoms with van der Waals surface area (Å²) >= 11 is 0. The van der Waals surface area contributed by atoms with Gasteiger partial charge in [0.05, 0.1) is 0 Å². The number of hydrogen-bond donors (Lipinski definition) is 0. The van der Waals surface area contributed by atoms with Crippen LogP contribution in [-0.2, 0) is 28.6 Å². The van der Waals surface area contributed by atoms with Crippen LogP contribution >= 0.6 is 0 Å². The van der Waals surface area contributed by atoms with Gasteiger partial charge in [-0.1, -0.05) is 294 Å². The third kappa shape index (κ3) is 60.1. The first kappa shape index (κ1) is 70.4. The van der Waals surface area contributed by atoms with Gasteiger partial charge in [0.1, 0.15) is 13.2 Å². The largest absolute Gasteiger partial charge is 0.462 e. The van der Waals surface area contributed by atoms with Crippen molar-refractivity contribution in [2.24, 2.45) is 0 Å². The average Bonchev–Trinajstić information content (AvgIpc) is 3.39. The SMILES string of the molecule is CCCC/C=C\C/C=C\CCCCCCCC(=O)OCC(COC(=O)CCCCCCCCCCCCCCCCCCCCCCCC)OC(=O)CCCCCCCCCCC/C=C\C/C=C\CCCCC. The van der Waals surface area contributed by atoms with E-state index in [1.165, 1.54) is 218 Å². The lowest BCUT2D eigenvalue weighted by Gasteiger charge is -2.18. The van der Waals surface area contributed by atoms with Crippen molar-refractivity contribution >= 4 is 17.9 Å². The van der Waals surface area contributed by atoms with Gasteiger partial charge in [-0.15, -0.1) is 0 Å². The fourth-order valence-electron chi connectivity index (χ4n) is 9.43. The molecule has 0 N–H and O–H groups in total. The molecule has 1 unspecified atom stereocenters. The molecule has 0 aliphatic carbocycles. The van der Waals surface area contributed by atoms with Crippen LogP contribution in [0.2, 0.25) is 0 Å². The number of allylic oxidation sites excluding steroid dienone is 8. The molecule has 0 heterocycles. The maximum Gasteiger partial charge on any atom is 0.306 e. The molecule has 73 heavy (non-hydrogen) atoms. The molecular weight excluding hydrogens is 901 g/mol. The van der Waals surface area contributed by atoms with Crippen LogP contribution in [0.4, 0.5) is 0 Å². The molecule has 0 saturated heterocycles. The number of carbonyl (C=O) groups excluding carboxylic acids is 3. The third-order valence-electron chi connectivity index (χ3n) is 14.3. The van der Waals surface area contributed by atoms with E-state index in [1.807, 2.05) is 0 Å². The minimum absolute atomic E-state index is 0.0758. The zero-order valence-corrected chi connectivity index (χ0v) is 48.9. The molecular formula is C67H122O6. The predicted octanol–water partition coefficient (Wildman–Crippen LogP) is 21.8.